The molecule has 0 atom stereocenters. The topological polar surface area (TPSA) is 74.8 Å². The van der Waals surface area contributed by atoms with E-state index in [0.717, 1.165) is 35.0 Å². The molecule has 9 heteroatoms. The van der Waals surface area contributed by atoms with Crippen LogP contribution < -0.4 is 10.9 Å². The Hall–Kier alpha value is -1.54. The minimum atomic E-state index is -0.0335. The Morgan fingerprint density at radius 3 is 2.83 bits per heavy atom. The Bertz CT molecular complexity index is 1120. The van der Waals surface area contributed by atoms with Crippen LogP contribution >= 0.6 is 46.3 Å². The van der Waals surface area contributed by atoms with Gasteiger partial charge in [0.1, 0.15) is 10.7 Å². The summed E-state index contributed by atoms with van der Waals surface area (Å²) in [7, 11) is 0. The van der Waals surface area contributed by atoms with Crippen LogP contribution in [0.25, 0.3) is 10.2 Å². The van der Waals surface area contributed by atoms with Gasteiger partial charge >= 0.3 is 0 Å². The van der Waals surface area contributed by atoms with E-state index in [1.165, 1.54) is 10.4 Å². The molecule has 0 spiro atoms. The van der Waals surface area contributed by atoms with Crippen molar-refractivity contribution >= 4 is 62.4 Å². The van der Waals surface area contributed by atoms with Gasteiger partial charge in [-0.2, -0.15) is 11.8 Å². The van der Waals surface area contributed by atoms with E-state index >= 15 is 0 Å². The molecule has 2 N–H and O–H groups in total. The Morgan fingerprint density at radius 1 is 1.23 bits per heavy atom. The number of aromatic amines is 1. The number of aromatic nitrogens is 2. The van der Waals surface area contributed by atoms with E-state index in [4.69, 9.17) is 23.2 Å². The van der Waals surface area contributed by atoms with Crippen molar-refractivity contribution in [2.24, 2.45) is 0 Å². The van der Waals surface area contributed by atoms with E-state index in [2.05, 4.69) is 15.3 Å². The molecule has 30 heavy (non-hydrogen) atoms. The van der Waals surface area contributed by atoms with Crippen LogP contribution in [-0.4, -0.2) is 28.2 Å². The molecule has 0 fully saturated rings. The summed E-state index contributed by atoms with van der Waals surface area (Å²) in [5, 5.41) is 4.88. The van der Waals surface area contributed by atoms with Crippen molar-refractivity contribution in [2.75, 3.05) is 12.3 Å². The molecule has 0 aliphatic heterocycles. The molecule has 1 aromatic carbocycles. The molecule has 0 unspecified atom stereocenters. The van der Waals surface area contributed by atoms with Crippen molar-refractivity contribution in [3.63, 3.8) is 0 Å². The van der Waals surface area contributed by atoms with Crippen LogP contribution in [0.3, 0.4) is 0 Å². The SMILES string of the molecule is O=C(CCSCc1nc2sc3c(c2c(=O)[nH]1)CCC3)NCCc1cc(Cl)cc(Cl)c1. The van der Waals surface area contributed by atoms with Crippen molar-refractivity contribution in [1.82, 2.24) is 15.3 Å². The van der Waals surface area contributed by atoms with Gasteiger partial charge in [0.15, 0.2) is 0 Å². The molecule has 2 heterocycles. The van der Waals surface area contributed by atoms with Crippen LogP contribution in [0.1, 0.15) is 34.7 Å². The number of nitrogens with one attached hydrogen (secondary N) is 2. The summed E-state index contributed by atoms with van der Waals surface area (Å²) in [5.41, 5.74) is 2.15. The first-order valence-corrected chi connectivity index (χ1v) is 12.5. The third-order valence-electron chi connectivity index (χ3n) is 4.99. The zero-order valence-electron chi connectivity index (χ0n) is 16.2. The molecule has 0 saturated heterocycles. The standard InChI is InChI=1S/C21H21Cl2N3O2S2/c22-13-8-12(9-14(23)10-13)4-6-24-18(27)5-7-29-11-17-25-20(28)19-15-2-1-3-16(15)30-21(19)26-17/h8-10H,1-7,11H2,(H,24,27)(H,25,26,28). The minimum Gasteiger partial charge on any atom is -0.356 e. The number of H-pyrrole nitrogens is 1. The molecule has 158 valence electrons. The predicted molar refractivity (Wildman–Crippen MR) is 126 cm³/mol. The number of carbonyl (C=O) groups is 1. The summed E-state index contributed by atoms with van der Waals surface area (Å²) < 4.78 is 0. The average Bonchev–Trinajstić information content (AvgIpc) is 3.25. The highest BCUT2D eigenvalue weighted by Crippen LogP contribution is 2.34. The second-order valence-corrected chi connectivity index (χ2v) is 10.3. The molecule has 2 aromatic heterocycles. The first kappa shape index (κ1) is 21.7. The highest BCUT2D eigenvalue weighted by atomic mass is 35.5. The van der Waals surface area contributed by atoms with Gasteiger partial charge in [0, 0.05) is 33.6 Å². The van der Waals surface area contributed by atoms with Crippen molar-refractivity contribution in [3.8, 4) is 0 Å². The lowest BCUT2D eigenvalue weighted by Gasteiger charge is -2.06. The van der Waals surface area contributed by atoms with Crippen LogP contribution in [0.2, 0.25) is 10.0 Å². The van der Waals surface area contributed by atoms with Crippen molar-refractivity contribution in [2.45, 2.75) is 37.9 Å². The van der Waals surface area contributed by atoms with Gasteiger partial charge in [0.2, 0.25) is 5.91 Å². The van der Waals surface area contributed by atoms with Crippen molar-refractivity contribution in [3.05, 3.63) is 60.4 Å². The van der Waals surface area contributed by atoms with Crippen LogP contribution in [0.5, 0.6) is 0 Å². The molecule has 0 bridgehead atoms. The molecule has 3 aromatic rings. The van der Waals surface area contributed by atoms with Gasteiger partial charge in [0.05, 0.1) is 11.1 Å². The van der Waals surface area contributed by atoms with Gasteiger partial charge in [-0.25, -0.2) is 4.98 Å². The normalized spacial score (nSPS) is 13.0. The number of carbonyl (C=O) groups excluding carboxylic acids is 1. The summed E-state index contributed by atoms with van der Waals surface area (Å²) in [5.74, 6) is 1.93. The van der Waals surface area contributed by atoms with E-state index in [1.807, 2.05) is 12.1 Å². The zero-order valence-corrected chi connectivity index (χ0v) is 19.4. The van der Waals surface area contributed by atoms with Gasteiger partial charge in [-0.05, 0) is 55.0 Å². The van der Waals surface area contributed by atoms with E-state index < -0.39 is 0 Å². The van der Waals surface area contributed by atoms with Gasteiger partial charge in [-0.1, -0.05) is 23.2 Å². The number of amides is 1. The quantitative estimate of drug-likeness (QED) is 0.454. The molecule has 0 radical (unpaired) electrons. The minimum absolute atomic E-state index is 0.00205. The lowest BCUT2D eigenvalue weighted by molar-refractivity contribution is -0.120. The summed E-state index contributed by atoms with van der Waals surface area (Å²) >= 11 is 15.2. The second-order valence-electron chi connectivity index (χ2n) is 7.23. The first-order chi connectivity index (χ1) is 14.5. The largest absolute Gasteiger partial charge is 0.356 e. The Labute approximate surface area is 192 Å². The Kier molecular flexibility index (Phi) is 7.03. The van der Waals surface area contributed by atoms with Gasteiger partial charge in [-0.15, -0.1) is 11.3 Å². The lowest BCUT2D eigenvalue weighted by Crippen LogP contribution is -2.25. The molecular formula is C21H21Cl2N3O2S2. The van der Waals surface area contributed by atoms with E-state index in [1.54, 1.807) is 29.2 Å². The fraction of sp³-hybridized carbons (Fsp3) is 0.381. The number of hydrogen-bond donors (Lipinski definition) is 2. The number of nitrogens with zero attached hydrogens (tertiary/aromatic N) is 1. The summed E-state index contributed by atoms with van der Waals surface area (Å²) in [4.78, 5) is 34.2. The molecule has 1 aliphatic carbocycles. The average molecular weight is 482 g/mol. The molecule has 5 nitrogen and oxygen atoms in total. The Balaban J connectivity index is 1.21. The highest BCUT2D eigenvalue weighted by molar-refractivity contribution is 7.98. The molecule has 1 amide bonds. The van der Waals surface area contributed by atoms with Gasteiger partial charge in [-0.3, -0.25) is 9.59 Å². The van der Waals surface area contributed by atoms with E-state index in [-0.39, 0.29) is 11.5 Å². The smallest absolute Gasteiger partial charge is 0.259 e. The zero-order chi connectivity index (χ0) is 21.1. The van der Waals surface area contributed by atoms with Gasteiger partial charge in [0.25, 0.3) is 5.56 Å². The number of halogens is 2. The van der Waals surface area contributed by atoms with Crippen LogP contribution in [-0.2, 0) is 29.8 Å². The summed E-state index contributed by atoms with van der Waals surface area (Å²) in [6.45, 7) is 0.536. The second kappa shape index (κ2) is 9.73. The highest BCUT2D eigenvalue weighted by Gasteiger charge is 2.21. The monoisotopic (exact) mass is 481 g/mol. The number of thiophene rings is 1. The number of thioether (sulfide) groups is 1. The van der Waals surface area contributed by atoms with E-state index in [0.29, 0.717) is 46.8 Å². The molecule has 4 rings (SSSR count). The number of hydrogen-bond acceptors (Lipinski definition) is 5. The maximum atomic E-state index is 12.5. The number of aryl methyl sites for hydroxylation is 2. The van der Waals surface area contributed by atoms with Crippen molar-refractivity contribution < 1.29 is 4.79 Å². The van der Waals surface area contributed by atoms with Crippen LogP contribution in [0.15, 0.2) is 23.0 Å². The molecular weight excluding hydrogens is 461 g/mol. The predicted octanol–water partition coefficient (Wildman–Crippen LogP) is 4.76. The first-order valence-electron chi connectivity index (χ1n) is 9.82. The number of benzene rings is 1. The maximum Gasteiger partial charge on any atom is 0.259 e. The summed E-state index contributed by atoms with van der Waals surface area (Å²) in [6.07, 6.45) is 4.26. The third kappa shape index (κ3) is 5.19. The van der Waals surface area contributed by atoms with Crippen LogP contribution in [0.4, 0.5) is 0 Å². The fourth-order valence-electron chi connectivity index (χ4n) is 3.64. The third-order valence-corrected chi connectivity index (χ3v) is 7.59. The maximum absolute atomic E-state index is 12.5. The molecule has 1 aliphatic rings. The van der Waals surface area contributed by atoms with Gasteiger partial charge < -0.3 is 10.3 Å². The lowest BCUT2D eigenvalue weighted by atomic mass is 10.1. The van der Waals surface area contributed by atoms with Crippen molar-refractivity contribution in [1.29, 1.82) is 0 Å². The number of rotatable bonds is 8. The Morgan fingerprint density at radius 2 is 2.03 bits per heavy atom. The summed E-state index contributed by atoms with van der Waals surface area (Å²) in [6, 6.07) is 5.39. The van der Waals surface area contributed by atoms with E-state index in [9.17, 15) is 9.59 Å². The number of fused-ring (bicyclic) bond motifs is 3. The van der Waals surface area contributed by atoms with Crippen LogP contribution in [0, 0.1) is 0 Å². The molecule has 0 saturated carbocycles. The fourth-order valence-corrected chi connectivity index (χ4v) is 6.30.